The Kier molecular flexibility index (Phi) is 2.60. The van der Waals surface area contributed by atoms with Crippen molar-refractivity contribution in [2.75, 3.05) is 0 Å². The van der Waals surface area contributed by atoms with Crippen LogP contribution in [0.25, 0.3) is 0 Å². The molecule has 3 rings (SSSR count). The fourth-order valence-electron chi connectivity index (χ4n) is 2.44. The highest BCUT2D eigenvalue weighted by Crippen LogP contribution is 2.47. The van der Waals surface area contributed by atoms with E-state index in [0.29, 0.717) is 12.0 Å². The minimum Gasteiger partial charge on any atom is -0.464 e. The van der Waals surface area contributed by atoms with Gasteiger partial charge in [-0.2, -0.15) is 0 Å². The Hall–Kier alpha value is -1.02. The lowest BCUT2D eigenvalue weighted by atomic mass is 10.2. The lowest BCUT2D eigenvalue weighted by molar-refractivity contribution is 0.424. The third-order valence-corrected chi connectivity index (χ3v) is 3.73. The third-order valence-electron chi connectivity index (χ3n) is 3.73. The maximum atomic E-state index is 5.85. The van der Waals surface area contributed by atoms with Crippen LogP contribution in [-0.2, 0) is 6.54 Å². The standard InChI is InChI=1S/C14H19NO/c1-10-8-13(10)14-7-6-12(16-14)9-15-11-4-2-3-5-11/h2-3,6-7,10-11,13,15H,4-5,8-9H2,1H3. The predicted octanol–water partition coefficient (Wildman–Crippen LogP) is 3.21. The molecule has 16 heavy (non-hydrogen) atoms. The number of hydrogen-bond acceptors (Lipinski definition) is 2. The van der Waals surface area contributed by atoms with Crippen LogP contribution in [0.3, 0.4) is 0 Å². The van der Waals surface area contributed by atoms with Crippen LogP contribution >= 0.6 is 0 Å². The van der Waals surface area contributed by atoms with Gasteiger partial charge in [0.05, 0.1) is 6.54 Å². The Morgan fingerprint density at radius 3 is 2.75 bits per heavy atom. The fourth-order valence-corrected chi connectivity index (χ4v) is 2.44. The average molecular weight is 217 g/mol. The molecule has 0 saturated heterocycles. The predicted molar refractivity (Wildman–Crippen MR) is 64.2 cm³/mol. The second-order valence-corrected chi connectivity index (χ2v) is 5.14. The first-order valence-electron chi connectivity index (χ1n) is 6.30. The molecule has 1 aromatic heterocycles. The minimum absolute atomic E-state index is 0.619. The monoisotopic (exact) mass is 217 g/mol. The van der Waals surface area contributed by atoms with Gasteiger partial charge in [-0.05, 0) is 37.3 Å². The Labute approximate surface area is 96.7 Å². The summed E-state index contributed by atoms with van der Waals surface area (Å²) in [6.45, 7) is 3.16. The highest BCUT2D eigenvalue weighted by atomic mass is 16.3. The van der Waals surface area contributed by atoms with E-state index in [1.54, 1.807) is 0 Å². The molecular formula is C14H19NO. The molecule has 2 aliphatic rings. The first kappa shape index (κ1) is 10.2. The maximum absolute atomic E-state index is 5.85. The SMILES string of the molecule is CC1CC1c1ccc(CNC2CC=CC2)o1. The summed E-state index contributed by atoms with van der Waals surface area (Å²) in [7, 11) is 0. The van der Waals surface area contributed by atoms with Crippen molar-refractivity contribution in [3.63, 3.8) is 0 Å². The molecule has 1 saturated carbocycles. The molecule has 86 valence electrons. The van der Waals surface area contributed by atoms with Gasteiger partial charge in [-0.3, -0.25) is 0 Å². The van der Waals surface area contributed by atoms with Gasteiger partial charge in [0.15, 0.2) is 0 Å². The molecule has 0 spiro atoms. The summed E-state index contributed by atoms with van der Waals surface area (Å²) in [5.74, 6) is 3.79. The van der Waals surface area contributed by atoms with E-state index in [1.165, 1.54) is 12.2 Å². The van der Waals surface area contributed by atoms with Gasteiger partial charge in [0.1, 0.15) is 11.5 Å². The van der Waals surface area contributed by atoms with Gasteiger partial charge in [-0.25, -0.2) is 0 Å². The first-order valence-corrected chi connectivity index (χ1v) is 6.30. The Bertz CT molecular complexity index is 385. The summed E-state index contributed by atoms with van der Waals surface area (Å²) in [5, 5.41) is 3.53. The molecule has 0 bridgehead atoms. The summed E-state index contributed by atoms with van der Waals surface area (Å²) in [6.07, 6.45) is 8.11. The van der Waals surface area contributed by atoms with Crippen molar-refractivity contribution in [3.8, 4) is 0 Å². The smallest absolute Gasteiger partial charge is 0.117 e. The van der Waals surface area contributed by atoms with Crippen molar-refractivity contribution >= 4 is 0 Å². The van der Waals surface area contributed by atoms with E-state index in [4.69, 9.17) is 4.42 Å². The van der Waals surface area contributed by atoms with Gasteiger partial charge < -0.3 is 9.73 Å². The van der Waals surface area contributed by atoms with E-state index in [9.17, 15) is 0 Å². The second-order valence-electron chi connectivity index (χ2n) is 5.14. The van der Waals surface area contributed by atoms with Crippen molar-refractivity contribution in [1.29, 1.82) is 0 Å². The number of rotatable bonds is 4. The van der Waals surface area contributed by atoms with Crippen LogP contribution in [-0.4, -0.2) is 6.04 Å². The van der Waals surface area contributed by atoms with E-state index in [0.717, 1.165) is 31.1 Å². The van der Waals surface area contributed by atoms with Crippen molar-refractivity contribution < 1.29 is 4.42 Å². The summed E-state index contributed by atoms with van der Waals surface area (Å²) in [4.78, 5) is 0. The van der Waals surface area contributed by atoms with Crippen molar-refractivity contribution in [1.82, 2.24) is 5.32 Å². The zero-order valence-corrected chi connectivity index (χ0v) is 9.78. The summed E-state index contributed by atoms with van der Waals surface area (Å²) in [6, 6.07) is 4.89. The van der Waals surface area contributed by atoms with Crippen molar-refractivity contribution in [3.05, 3.63) is 35.8 Å². The zero-order chi connectivity index (χ0) is 11.0. The molecule has 2 atom stereocenters. The summed E-state index contributed by atoms with van der Waals surface area (Å²) in [5.41, 5.74) is 0. The molecule has 1 aromatic rings. The Morgan fingerprint density at radius 1 is 1.31 bits per heavy atom. The molecule has 0 amide bonds. The van der Waals surface area contributed by atoms with Gasteiger partial charge in [0.25, 0.3) is 0 Å². The molecular weight excluding hydrogens is 198 g/mol. The molecule has 0 aromatic carbocycles. The van der Waals surface area contributed by atoms with Crippen LogP contribution < -0.4 is 5.32 Å². The van der Waals surface area contributed by atoms with Crippen LogP contribution in [0.4, 0.5) is 0 Å². The minimum atomic E-state index is 0.619. The topological polar surface area (TPSA) is 25.2 Å². The Morgan fingerprint density at radius 2 is 2.06 bits per heavy atom. The Balaban J connectivity index is 1.52. The number of furan rings is 1. The van der Waals surface area contributed by atoms with E-state index >= 15 is 0 Å². The maximum Gasteiger partial charge on any atom is 0.117 e. The van der Waals surface area contributed by atoms with Gasteiger partial charge in [0, 0.05) is 12.0 Å². The quantitative estimate of drug-likeness (QED) is 0.783. The summed E-state index contributed by atoms with van der Waals surface area (Å²) >= 11 is 0. The third kappa shape index (κ3) is 2.07. The second kappa shape index (κ2) is 4.10. The lowest BCUT2D eigenvalue weighted by Gasteiger charge is -2.09. The van der Waals surface area contributed by atoms with Gasteiger partial charge in [-0.1, -0.05) is 19.1 Å². The molecule has 2 heteroatoms. The number of hydrogen-bond donors (Lipinski definition) is 1. The highest BCUT2D eigenvalue weighted by Gasteiger charge is 2.36. The van der Waals surface area contributed by atoms with Crippen LogP contribution in [0, 0.1) is 5.92 Å². The van der Waals surface area contributed by atoms with Crippen LogP contribution in [0.15, 0.2) is 28.7 Å². The lowest BCUT2D eigenvalue weighted by Crippen LogP contribution is -2.25. The zero-order valence-electron chi connectivity index (χ0n) is 9.78. The normalized spacial score (nSPS) is 28.8. The molecule has 2 nitrogen and oxygen atoms in total. The molecule has 1 fully saturated rings. The molecule has 1 N–H and O–H groups in total. The molecule has 2 aliphatic carbocycles. The molecule has 0 aliphatic heterocycles. The van der Waals surface area contributed by atoms with Crippen LogP contribution in [0.1, 0.15) is 43.6 Å². The van der Waals surface area contributed by atoms with Crippen molar-refractivity contribution in [2.45, 2.75) is 44.7 Å². The van der Waals surface area contributed by atoms with Crippen LogP contribution in [0.2, 0.25) is 0 Å². The van der Waals surface area contributed by atoms with Gasteiger partial charge in [0.2, 0.25) is 0 Å². The average Bonchev–Trinajstić information content (AvgIpc) is 2.80. The van der Waals surface area contributed by atoms with E-state index in [1.807, 2.05) is 0 Å². The van der Waals surface area contributed by atoms with E-state index < -0.39 is 0 Å². The van der Waals surface area contributed by atoms with Crippen molar-refractivity contribution in [2.24, 2.45) is 5.92 Å². The fraction of sp³-hybridized carbons (Fsp3) is 0.571. The van der Waals surface area contributed by atoms with Gasteiger partial charge >= 0.3 is 0 Å². The largest absolute Gasteiger partial charge is 0.464 e. The first-order chi connectivity index (χ1) is 7.83. The molecule has 0 radical (unpaired) electrons. The molecule has 2 unspecified atom stereocenters. The highest BCUT2D eigenvalue weighted by molar-refractivity contribution is 5.17. The summed E-state index contributed by atoms with van der Waals surface area (Å²) < 4.78 is 5.85. The van der Waals surface area contributed by atoms with E-state index in [2.05, 4.69) is 36.5 Å². The molecule has 1 heterocycles. The number of nitrogens with one attached hydrogen (secondary N) is 1. The van der Waals surface area contributed by atoms with Gasteiger partial charge in [-0.15, -0.1) is 0 Å². The van der Waals surface area contributed by atoms with E-state index in [-0.39, 0.29) is 0 Å². The van der Waals surface area contributed by atoms with Crippen LogP contribution in [0.5, 0.6) is 0 Å².